The molecule has 1 saturated heterocycles. The van der Waals surface area contributed by atoms with E-state index in [-0.39, 0.29) is 41.7 Å². The number of carbonyl (C=O) groups excluding carboxylic acids is 3. The predicted molar refractivity (Wildman–Crippen MR) is 206 cm³/mol. The van der Waals surface area contributed by atoms with E-state index >= 15 is 0 Å². The van der Waals surface area contributed by atoms with Gasteiger partial charge in [-0.05, 0) is 99.1 Å². The fourth-order valence-corrected chi connectivity index (χ4v) is 6.38. The molecular weight excluding hydrogens is 661 g/mol. The van der Waals surface area contributed by atoms with Gasteiger partial charge in [0.25, 0.3) is 5.91 Å². The SMILES string of the molecule is C=Cc1cccc(COC(=O)[C@@H]2CCCN(C(=O)[C@H](Cc3cccc(O[Si](C)(C)C(C)(C)C)c3)NC(=O)[C@@H](NC(=C)OC(C)(C)C)C(C)C)N2)c1. The molecule has 1 aliphatic heterocycles. The van der Waals surface area contributed by atoms with Gasteiger partial charge >= 0.3 is 5.97 Å². The molecule has 2 aromatic rings. The lowest BCUT2D eigenvalue weighted by atomic mass is 10.0. The van der Waals surface area contributed by atoms with Crippen molar-refractivity contribution in [3.05, 3.63) is 84.3 Å². The monoisotopic (exact) mass is 720 g/mol. The van der Waals surface area contributed by atoms with Gasteiger partial charge in [-0.15, -0.1) is 0 Å². The Morgan fingerprint density at radius 3 is 2.31 bits per heavy atom. The van der Waals surface area contributed by atoms with Crippen LogP contribution in [-0.4, -0.2) is 61.4 Å². The van der Waals surface area contributed by atoms with Crippen molar-refractivity contribution in [2.45, 2.75) is 123 Å². The van der Waals surface area contributed by atoms with Crippen LogP contribution < -0.4 is 20.5 Å². The van der Waals surface area contributed by atoms with Gasteiger partial charge in [0.1, 0.15) is 36.1 Å². The summed E-state index contributed by atoms with van der Waals surface area (Å²) in [6.07, 6.45) is 3.03. The molecular formula is C40H60N4O6Si. The highest BCUT2D eigenvalue weighted by atomic mass is 28.4. The summed E-state index contributed by atoms with van der Waals surface area (Å²) in [4.78, 5) is 41.4. The fourth-order valence-electron chi connectivity index (χ4n) is 5.36. The molecule has 3 atom stereocenters. The molecule has 1 heterocycles. The van der Waals surface area contributed by atoms with Crippen LogP contribution in [0.1, 0.15) is 84.9 Å². The van der Waals surface area contributed by atoms with Gasteiger partial charge in [0.15, 0.2) is 5.88 Å². The zero-order valence-electron chi connectivity index (χ0n) is 32.4. The number of esters is 1. The lowest BCUT2D eigenvalue weighted by molar-refractivity contribution is -0.154. The summed E-state index contributed by atoms with van der Waals surface area (Å²) in [6.45, 7) is 28.7. The molecule has 11 heteroatoms. The zero-order valence-corrected chi connectivity index (χ0v) is 33.4. The van der Waals surface area contributed by atoms with Gasteiger partial charge < -0.3 is 24.5 Å². The van der Waals surface area contributed by atoms with Crippen LogP contribution in [0.5, 0.6) is 5.75 Å². The number of hydrogen-bond acceptors (Lipinski definition) is 8. The largest absolute Gasteiger partial charge is 0.543 e. The second kappa shape index (κ2) is 17.4. The molecule has 2 amide bonds. The number of carbonyl (C=O) groups is 3. The van der Waals surface area contributed by atoms with Gasteiger partial charge in [-0.1, -0.05) is 77.6 Å². The number of hydrogen-bond donors (Lipinski definition) is 3. The Morgan fingerprint density at radius 2 is 1.69 bits per heavy atom. The number of amides is 2. The van der Waals surface area contributed by atoms with Gasteiger partial charge in [0.05, 0.1) is 0 Å². The van der Waals surface area contributed by atoms with Crippen molar-refractivity contribution in [3.8, 4) is 5.75 Å². The number of benzene rings is 2. The Kier molecular flexibility index (Phi) is 14.1. The number of nitrogens with zero attached hydrogens (tertiary/aromatic N) is 1. The Bertz CT molecular complexity index is 1540. The Morgan fingerprint density at radius 1 is 1.02 bits per heavy atom. The fraction of sp³-hybridized carbons (Fsp3) is 0.525. The summed E-state index contributed by atoms with van der Waals surface area (Å²) >= 11 is 0. The van der Waals surface area contributed by atoms with Crippen LogP contribution in [-0.2, 0) is 36.9 Å². The van der Waals surface area contributed by atoms with Crippen LogP contribution in [0.2, 0.25) is 18.1 Å². The molecule has 0 saturated carbocycles. The minimum absolute atomic E-state index is 0.00228. The maximum absolute atomic E-state index is 14.3. The average Bonchev–Trinajstić information content (AvgIpc) is 3.04. The van der Waals surface area contributed by atoms with Crippen molar-refractivity contribution in [2.24, 2.45) is 5.92 Å². The molecule has 0 bridgehead atoms. The first-order chi connectivity index (χ1) is 23.7. The van der Waals surface area contributed by atoms with Gasteiger partial charge in [0.2, 0.25) is 14.2 Å². The van der Waals surface area contributed by atoms with Crippen molar-refractivity contribution in [1.82, 2.24) is 21.1 Å². The molecule has 10 nitrogen and oxygen atoms in total. The van der Waals surface area contributed by atoms with E-state index in [1.165, 1.54) is 5.01 Å². The third-order valence-corrected chi connectivity index (χ3v) is 13.5. The standard InChI is InChI=1S/C40H60N4O6Si/c1-13-29-17-14-19-31(23-29)26-48-38(47)33-21-16-22-44(43-33)37(46)34(42-36(45)35(27(2)3)41-28(4)49-39(5,6)7)25-30-18-15-20-32(24-30)50-51(11,12)40(8,9)10/h13-15,17-20,23-24,27,33-35,41,43H,1,4,16,21-22,25-26H2,2-3,5-12H3,(H,42,45)/t33-,34-,35-/m0/s1. The average molecular weight is 721 g/mol. The van der Waals surface area contributed by atoms with E-state index in [1.54, 1.807) is 6.08 Å². The number of rotatable bonds is 15. The van der Waals surface area contributed by atoms with E-state index in [2.05, 4.69) is 63.1 Å². The summed E-state index contributed by atoms with van der Waals surface area (Å²) in [5.41, 5.74) is 5.19. The molecule has 3 N–H and O–H groups in total. The maximum Gasteiger partial charge on any atom is 0.325 e. The summed E-state index contributed by atoms with van der Waals surface area (Å²) < 4.78 is 18.1. The van der Waals surface area contributed by atoms with Crippen LogP contribution in [0, 0.1) is 5.92 Å². The molecule has 2 aromatic carbocycles. The Balaban J connectivity index is 1.84. The first-order valence-corrected chi connectivity index (χ1v) is 20.8. The van der Waals surface area contributed by atoms with Crippen LogP contribution in [0.25, 0.3) is 6.08 Å². The quantitative estimate of drug-likeness (QED) is 0.104. The number of nitrogens with one attached hydrogen (secondary N) is 3. The summed E-state index contributed by atoms with van der Waals surface area (Å²) in [5.74, 6) is -0.333. The van der Waals surface area contributed by atoms with Crippen LogP contribution in [0.4, 0.5) is 0 Å². The van der Waals surface area contributed by atoms with Gasteiger partial charge in [-0.2, -0.15) is 0 Å². The topological polar surface area (TPSA) is 118 Å². The lowest BCUT2D eigenvalue weighted by Crippen LogP contribution is -2.61. The second-order valence-electron chi connectivity index (χ2n) is 16.1. The second-order valence-corrected chi connectivity index (χ2v) is 20.9. The maximum atomic E-state index is 14.3. The van der Waals surface area contributed by atoms with Gasteiger partial charge in [0, 0.05) is 13.0 Å². The smallest absolute Gasteiger partial charge is 0.325 e. The number of ether oxygens (including phenoxy) is 2. The van der Waals surface area contributed by atoms with Crippen molar-refractivity contribution in [3.63, 3.8) is 0 Å². The summed E-state index contributed by atoms with van der Waals surface area (Å²) in [6, 6.07) is 12.9. The molecule has 0 aromatic heterocycles. The Labute approximate surface area is 306 Å². The van der Waals surface area contributed by atoms with Gasteiger partial charge in [-0.3, -0.25) is 19.4 Å². The van der Waals surface area contributed by atoms with E-state index in [1.807, 2.05) is 83.1 Å². The van der Waals surface area contributed by atoms with Crippen molar-refractivity contribution >= 4 is 32.2 Å². The van der Waals surface area contributed by atoms with E-state index in [9.17, 15) is 14.4 Å². The third-order valence-electron chi connectivity index (χ3n) is 9.13. The molecule has 1 aliphatic rings. The molecule has 280 valence electrons. The van der Waals surface area contributed by atoms with E-state index in [0.717, 1.165) is 22.4 Å². The minimum Gasteiger partial charge on any atom is -0.543 e. The van der Waals surface area contributed by atoms with Gasteiger partial charge in [-0.25, -0.2) is 5.43 Å². The van der Waals surface area contributed by atoms with E-state index < -0.39 is 38.0 Å². The summed E-state index contributed by atoms with van der Waals surface area (Å²) in [7, 11) is -2.13. The normalized spacial score (nSPS) is 16.5. The first kappa shape index (κ1) is 41.3. The molecule has 1 fully saturated rings. The van der Waals surface area contributed by atoms with Crippen LogP contribution in [0.15, 0.2) is 67.6 Å². The highest BCUT2D eigenvalue weighted by Gasteiger charge is 2.39. The molecule has 3 rings (SSSR count). The van der Waals surface area contributed by atoms with Crippen molar-refractivity contribution in [1.29, 1.82) is 0 Å². The van der Waals surface area contributed by atoms with Crippen LogP contribution >= 0.6 is 0 Å². The summed E-state index contributed by atoms with van der Waals surface area (Å²) in [5, 5.41) is 7.58. The first-order valence-electron chi connectivity index (χ1n) is 17.9. The van der Waals surface area contributed by atoms with Crippen LogP contribution in [0.3, 0.4) is 0 Å². The van der Waals surface area contributed by atoms with Crippen molar-refractivity contribution in [2.75, 3.05) is 6.54 Å². The highest BCUT2D eigenvalue weighted by molar-refractivity contribution is 6.74. The van der Waals surface area contributed by atoms with Crippen molar-refractivity contribution < 1.29 is 28.3 Å². The zero-order chi connectivity index (χ0) is 38.1. The lowest BCUT2D eigenvalue weighted by Gasteiger charge is -2.37. The number of hydrazine groups is 1. The molecule has 0 radical (unpaired) electrons. The molecule has 51 heavy (non-hydrogen) atoms. The minimum atomic E-state index is -2.13. The predicted octanol–water partition coefficient (Wildman–Crippen LogP) is 6.88. The highest BCUT2D eigenvalue weighted by Crippen LogP contribution is 2.37. The Hall–Kier alpha value is -4.09. The molecule has 0 unspecified atom stereocenters. The van der Waals surface area contributed by atoms with E-state index in [0.29, 0.717) is 19.4 Å². The molecule has 0 spiro atoms. The third kappa shape index (κ3) is 12.6. The van der Waals surface area contributed by atoms with E-state index in [4.69, 9.17) is 13.9 Å². The molecule has 0 aliphatic carbocycles.